The Balaban J connectivity index is 1.78. The van der Waals surface area contributed by atoms with E-state index in [0.717, 1.165) is 17.1 Å². The lowest BCUT2D eigenvalue weighted by molar-refractivity contribution is -0.117. The quantitative estimate of drug-likeness (QED) is 0.935. The van der Waals surface area contributed by atoms with Crippen molar-refractivity contribution in [2.45, 2.75) is 38.8 Å². The highest BCUT2D eigenvalue weighted by Gasteiger charge is 2.48. The van der Waals surface area contributed by atoms with E-state index in [-0.39, 0.29) is 23.9 Å². The summed E-state index contributed by atoms with van der Waals surface area (Å²) in [5.74, 6) is 0.991. The number of hydrogen-bond acceptors (Lipinski definition) is 3. The van der Waals surface area contributed by atoms with E-state index in [1.54, 1.807) is 13.0 Å². The van der Waals surface area contributed by atoms with E-state index in [0.29, 0.717) is 5.92 Å². The average Bonchev–Trinajstić information content (AvgIpc) is 3.42. The highest BCUT2D eigenvalue weighted by Crippen LogP contribution is 2.49. The van der Waals surface area contributed by atoms with Crippen molar-refractivity contribution >= 4 is 17.3 Å². The van der Waals surface area contributed by atoms with Crippen LogP contribution in [-0.2, 0) is 4.79 Å². The van der Waals surface area contributed by atoms with E-state index in [9.17, 15) is 4.79 Å². The third-order valence-corrected chi connectivity index (χ3v) is 5.22. The van der Waals surface area contributed by atoms with Crippen LogP contribution in [0.25, 0.3) is 0 Å². The summed E-state index contributed by atoms with van der Waals surface area (Å²) in [6, 6.07) is 14.3. The summed E-state index contributed by atoms with van der Waals surface area (Å²) in [5.41, 5.74) is 2.93. The predicted molar refractivity (Wildman–Crippen MR) is 94.7 cm³/mol. The number of para-hydroxylation sites is 1. The number of anilines is 2. The largest absolute Gasteiger partial charge is 0.376 e. The molecule has 0 saturated heterocycles. The molecule has 2 aliphatic rings. The molecule has 0 spiro atoms. The number of fused-ring (bicyclic) bond motifs is 1. The van der Waals surface area contributed by atoms with Crippen LogP contribution >= 0.6 is 0 Å². The maximum Gasteiger partial charge on any atom is 0.224 e. The van der Waals surface area contributed by atoms with Gasteiger partial charge in [-0.3, -0.25) is 4.79 Å². The first-order valence-electron chi connectivity index (χ1n) is 8.65. The fourth-order valence-electron chi connectivity index (χ4n) is 4.01. The summed E-state index contributed by atoms with van der Waals surface area (Å²) in [6.45, 7) is 3.89. The van der Waals surface area contributed by atoms with Crippen LogP contribution in [0.1, 0.15) is 38.4 Å². The van der Waals surface area contributed by atoms with Gasteiger partial charge in [-0.1, -0.05) is 25.1 Å². The molecular weight excluding hydrogens is 298 g/mol. The van der Waals surface area contributed by atoms with Gasteiger partial charge in [-0.25, -0.2) is 4.98 Å². The lowest BCUT2D eigenvalue weighted by Gasteiger charge is -2.45. The molecule has 4 rings (SSSR count). The van der Waals surface area contributed by atoms with Gasteiger partial charge in [0.15, 0.2) is 0 Å². The first-order valence-corrected chi connectivity index (χ1v) is 8.65. The summed E-state index contributed by atoms with van der Waals surface area (Å²) in [5, 5.41) is 3.64. The molecule has 1 amide bonds. The number of aromatic nitrogens is 1. The van der Waals surface area contributed by atoms with Crippen molar-refractivity contribution in [2.75, 3.05) is 10.2 Å². The second kappa shape index (κ2) is 5.93. The van der Waals surface area contributed by atoms with Gasteiger partial charge in [0.1, 0.15) is 0 Å². The Bertz CT molecular complexity index is 742. The number of carbonyl (C=O) groups is 1. The molecule has 1 aromatic heterocycles. The van der Waals surface area contributed by atoms with E-state index in [1.165, 1.54) is 12.8 Å². The number of amides is 1. The molecule has 24 heavy (non-hydrogen) atoms. The zero-order chi connectivity index (χ0) is 16.7. The van der Waals surface area contributed by atoms with Crippen molar-refractivity contribution in [1.29, 1.82) is 0 Å². The van der Waals surface area contributed by atoms with Gasteiger partial charge in [-0.15, -0.1) is 0 Å². The Labute approximate surface area is 142 Å². The Morgan fingerprint density at radius 2 is 2.00 bits per heavy atom. The first kappa shape index (κ1) is 15.2. The predicted octanol–water partition coefficient (Wildman–Crippen LogP) is 3.82. The first-order chi connectivity index (χ1) is 11.7. The number of pyridine rings is 1. The SMILES string of the molecule is CC(=O)N1c2cc[c]nc2[C@H](Nc2ccccc2)[C@@H](C)[C@@H]1C1CC1. The molecule has 0 unspecified atom stereocenters. The van der Waals surface area contributed by atoms with Crippen LogP contribution in [-0.4, -0.2) is 16.9 Å². The third-order valence-electron chi connectivity index (χ3n) is 5.22. The van der Waals surface area contributed by atoms with Crippen LogP contribution in [0, 0.1) is 18.0 Å². The summed E-state index contributed by atoms with van der Waals surface area (Å²) < 4.78 is 0. The Morgan fingerprint density at radius 1 is 1.25 bits per heavy atom. The standard InChI is InChI=1S/C20H22N3O/c1-13-18(22-16-7-4-3-5-8-16)19-17(9-6-12-21-19)23(14(2)24)20(13)15-10-11-15/h3-9,13,15,18,20,22H,10-11H2,1-2H3/t13-,18-,20-/m1/s1. The minimum absolute atomic E-state index is 0.0843. The van der Waals surface area contributed by atoms with Crippen LogP contribution in [0.15, 0.2) is 42.5 Å². The Morgan fingerprint density at radius 3 is 2.67 bits per heavy atom. The molecule has 1 fully saturated rings. The smallest absolute Gasteiger partial charge is 0.224 e. The minimum atomic E-state index is 0.0843. The molecule has 2 heterocycles. The Kier molecular flexibility index (Phi) is 3.75. The molecular formula is C20H22N3O. The van der Waals surface area contributed by atoms with Gasteiger partial charge in [-0.2, -0.15) is 0 Å². The van der Waals surface area contributed by atoms with Crippen molar-refractivity contribution in [3.63, 3.8) is 0 Å². The van der Waals surface area contributed by atoms with Crippen molar-refractivity contribution in [3.8, 4) is 0 Å². The zero-order valence-electron chi connectivity index (χ0n) is 14.1. The topological polar surface area (TPSA) is 45.2 Å². The molecule has 1 aliphatic heterocycles. The lowest BCUT2D eigenvalue weighted by Crippen LogP contribution is -2.51. The highest BCUT2D eigenvalue weighted by atomic mass is 16.2. The van der Waals surface area contributed by atoms with Gasteiger partial charge < -0.3 is 10.2 Å². The molecule has 123 valence electrons. The van der Waals surface area contributed by atoms with Crippen LogP contribution in [0.2, 0.25) is 0 Å². The molecule has 4 nitrogen and oxygen atoms in total. The highest BCUT2D eigenvalue weighted by molar-refractivity contribution is 5.93. The Hall–Kier alpha value is -2.36. The van der Waals surface area contributed by atoms with E-state index in [2.05, 4.69) is 35.6 Å². The number of benzene rings is 1. The van der Waals surface area contributed by atoms with Crippen molar-refractivity contribution in [1.82, 2.24) is 4.98 Å². The van der Waals surface area contributed by atoms with Crippen LogP contribution in [0.5, 0.6) is 0 Å². The number of nitrogens with zero attached hydrogens (tertiary/aromatic N) is 2. The van der Waals surface area contributed by atoms with E-state index in [4.69, 9.17) is 0 Å². The van der Waals surface area contributed by atoms with Crippen molar-refractivity contribution < 1.29 is 4.79 Å². The summed E-state index contributed by atoms with van der Waals surface area (Å²) >= 11 is 0. The third kappa shape index (κ3) is 2.56. The van der Waals surface area contributed by atoms with Crippen LogP contribution in [0.4, 0.5) is 11.4 Å². The maximum atomic E-state index is 12.4. The number of rotatable bonds is 3. The fourth-order valence-corrected chi connectivity index (χ4v) is 4.01. The van der Waals surface area contributed by atoms with E-state index < -0.39 is 0 Å². The molecule has 1 radical (unpaired) electrons. The second-order valence-corrected chi connectivity index (χ2v) is 6.91. The zero-order valence-corrected chi connectivity index (χ0v) is 14.1. The van der Waals surface area contributed by atoms with Gasteiger partial charge in [0, 0.05) is 24.6 Å². The summed E-state index contributed by atoms with van der Waals surface area (Å²) in [4.78, 5) is 18.9. The van der Waals surface area contributed by atoms with Crippen LogP contribution < -0.4 is 10.2 Å². The average molecular weight is 320 g/mol. The summed E-state index contributed by atoms with van der Waals surface area (Å²) in [7, 11) is 0. The molecule has 3 atom stereocenters. The molecule has 1 saturated carbocycles. The van der Waals surface area contributed by atoms with Gasteiger partial charge in [0.25, 0.3) is 0 Å². The summed E-state index contributed by atoms with van der Waals surface area (Å²) in [6.07, 6.45) is 5.36. The molecule has 1 aromatic carbocycles. The van der Waals surface area contributed by atoms with Crippen LogP contribution in [0.3, 0.4) is 0 Å². The molecule has 1 N–H and O–H groups in total. The molecule has 4 heteroatoms. The van der Waals surface area contributed by atoms with Crippen molar-refractivity contribution in [3.05, 3.63) is 54.4 Å². The fraction of sp³-hybridized carbons (Fsp3) is 0.400. The maximum absolute atomic E-state index is 12.4. The van der Waals surface area contributed by atoms with E-state index in [1.807, 2.05) is 29.2 Å². The lowest BCUT2D eigenvalue weighted by atomic mass is 9.82. The van der Waals surface area contributed by atoms with Gasteiger partial charge in [0.05, 0.1) is 23.6 Å². The number of carbonyl (C=O) groups excluding carboxylic acids is 1. The monoisotopic (exact) mass is 320 g/mol. The van der Waals surface area contributed by atoms with E-state index >= 15 is 0 Å². The van der Waals surface area contributed by atoms with Crippen molar-refractivity contribution in [2.24, 2.45) is 11.8 Å². The second-order valence-electron chi connectivity index (χ2n) is 6.91. The van der Waals surface area contributed by atoms with Gasteiger partial charge in [-0.05, 0) is 43.0 Å². The van der Waals surface area contributed by atoms with Gasteiger partial charge >= 0.3 is 0 Å². The number of hydrogen-bond donors (Lipinski definition) is 1. The number of nitrogens with one attached hydrogen (secondary N) is 1. The normalized spacial score (nSPS) is 25.9. The van der Waals surface area contributed by atoms with Gasteiger partial charge in [0.2, 0.25) is 5.91 Å². The molecule has 1 aliphatic carbocycles. The molecule has 2 aromatic rings. The molecule has 0 bridgehead atoms. The minimum Gasteiger partial charge on any atom is -0.376 e.